The zero-order valence-electron chi connectivity index (χ0n) is 11.2. The first kappa shape index (κ1) is 13.5. The number of nitrogens with one attached hydrogen (secondary N) is 1. The number of halogens is 1. The Morgan fingerprint density at radius 2 is 2.00 bits per heavy atom. The Hall–Kier alpha value is -1.11. The zero-order chi connectivity index (χ0) is 14.9. The van der Waals surface area contributed by atoms with Crippen molar-refractivity contribution >= 4 is 13.6 Å². The van der Waals surface area contributed by atoms with Crippen molar-refractivity contribution in [3.05, 3.63) is 35.6 Å². The summed E-state index contributed by atoms with van der Waals surface area (Å²) in [7, 11) is -1.94. The van der Waals surface area contributed by atoms with Gasteiger partial charge in [0.15, 0.2) is 11.3 Å². The van der Waals surface area contributed by atoms with Gasteiger partial charge in [-0.1, -0.05) is 12.1 Å². The van der Waals surface area contributed by atoms with Gasteiger partial charge in [0.1, 0.15) is 11.9 Å². The summed E-state index contributed by atoms with van der Waals surface area (Å²) in [6, 6.07) is 5.51. The summed E-state index contributed by atoms with van der Waals surface area (Å²) in [5, 5.41) is 2.95. The maximum Gasteiger partial charge on any atom is 0.480 e. The number of carbonyl (C=O) groups is 1. The number of Topliss-reactive ketones (excluding diaryl/α,β-unsaturated/α-hetero) is 1. The van der Waals surface area contributed by atoms with Crippen LogP contribution in [0.3, 0.4) is 0 Å². The van der Waals surface area contributed by atoms with Crippen LogP contribution in [0.5, 0.6) is 0 Å². The van der Waals surface area contributed by atoms with Gasteiger partial charge < -0.3 is 0 Å². The van der Waals surface area contributed by atoms with Crippen LogP contribution in [0.25, 0.3) is 0 Å². The van der Waals surface area contributed by atoms with Gasteiger partial charge in [0.05, 0.1) is 0 Å². The van der Waals surface area contributed by atoms with Crippen molar-refractivity contribution in [2.24, 2.45) is 0 Å². The van der Waals surface area contributed by atoms with Crippen molar-refractivity contribution in [1.29, 1.82) is 0 Å². The van der Waals surface area contributed by atoms with E-state index in [0.29, 0.717) is 12.0 Å². The highest BCUT2D eigenvalue weighted by atomic mass is 31.2. The quantitative estimate of drug-likeness (QED) is 0.840. The van der Waals surface area contributed by atoms with E-state index < -0.39 is 31.1 Å². The molecule has 1 aromatic rings. The second-order valence-electron chi connectivity index (χ2n) is 5.36. The molecule has 21 heavy (non-hydrogen) atoms. The fourth-order valence-electron chi connectivity index (χ4n) is 3.51. The first-order chi connectivity index (χ1) is 9.96. The standard InChI is InChI=1S/C13H13FNO5P/c1-15-12(8-2-4-9(14)5-3-8)10(16)6-7-11-13(12)19-21(17,18-11)20-13/h2-5,11,15H,6-7H2,1H3/t11?,12-,13?,21?/m0/s1. The Balaban J connectivity index is 1.91. The predicted octanol–water partition coefficient (Wildman–Crippen LogP) is 1.85. The monoisotopic (exact) mass is 313 g/mol. The van der Waals surface area contributed by atoms with Gasteiger partial charge in [-0.3, -0.25) is 14.6 Å². The molecule has 4 fully saturated rings. The highest BCUT2D eigenvalue weighted by Crippen LogP contribution is 2.79. The lowest BCUT2D eigenvalue weighted by atomic mass is 9.69. The fourth-order valence-corrected chi connectivity index (χ4v) is 5.34. The maximum absolute atomic E-state index is 13.2. The minimum absolute atomic E-state index is 0.162. The molecule has 112 valence electrons. The Bertz CT molecular complexity index is 668. The number of carbonyl (C=O) groups excluding carboxylic acids is 1. The van der Waals surface area contributed by atoms with Crippen molar-refractivity contribution in [3.63, 3.8) is 0 Å². The molecule has 8 heteroatoms. The minimum atomic E-state index is -3.53. The molecule has 2 atom stereocenters. The van der Waals surface area contributed by atoms with Crippen LogP contribution < -0.4 is 5.32 Å². The molecule has 0 aromatic heterocycles. The third kappa shape index (κ3) is 1.45. The lowest BCUT2D eigenvalue weighted by molar-refractivity contribution is -0.243. The molecule has 1 saturated carbocycles. The van der Waals surface area contributed by atoms with Crippen LogP contribution in [0.1, 0.15) is 18.4 Å². The van der Waals surface area contributed by atoms with Crippen molar-refractivity contribution in [3.8, 4) is 0 Å². The molecule has 1 aliphatic carbocycles. The predicted molar refractivity (Wildman–Crippen MR) is 68.8 cm³/mol. The van der Waals surface area contributed by atoms with Crippen LogP contribution >= 0.6 is 7.82 Å². The Morgan fingerprint density at radius 3 is 2.62 bits per heavy atom. The third-order valence-electron chi connectivity index (χ3n) is 4.40. The molecule has 0 amide bonds. The number of phosphoric ester groups is 1. The first-order valence-electron chi connectivity index (χ1n) is 6.64. The number of hydrogen-bond donors (Lipinski definition) is 1. The Kier molecular flexibility index (Phi) is 2.58. The first-order valence-corrected chi connectivity index (χ1v) is 8.10. The van der Waals surface area contributed by atoms with Crippen LogP contribution in [0, 0.1) is 5.82 Å². The molecule has 5 rings (SSSR count). The molecule has 1 spiro atoms. The van der Waals surface area contributed by atoms with E-state index >= 15 is 0 Å². The molecule has 3 aliphatic heterocycles. The number of hydrogen-bond acceptors (Lipinski definition) is 6. The summed E-state index contributed by atoms with van der Waals surface area (Å²) >= 11 is 0. The lowest BCUT2D eigenvalue weighted by Gasteiger charge is -2.51. The van der Waals surface area contributed by atoms with E-state index in [1.807, 2.05) is 0 Å². The number of likely N-dealkylation sites (N-methyl/N-ethyl adjacent to an activating group) is 1. The van der Waals surface area contributed by atoms with E-state index in [0.717, 1.165) is 0 Å². The number of benzene rings is 1. The highest BCUT2D eigenvalue weighted by Gasteiger charge is 2.82. The number of ketones is 1. The average molecular weight is 313 g/mol. The van der Waals surface area contributed by atoms with Crippen molar-refractivity contribution in [1.82, 2.24) is 5.32 Å². The summed E-state index contributed by atoms with van der Waals surface area (Å²) in [6.07, 6.45) is 0.0312. The van der Waals surface area contributed by atoms with Gasteiger partial charge in [-0.25, -0.2) is 18.0 Å². The molecular formula is C13H13FNO5P. The van der Waals surface area contributed by atoms with E-state index in [-0.39, 0.29) is 12.2 Å². The van der Waals surface area contributed by atoms with Crippen LogP contribution in [0.15, 0.2) is 24.3 Å². The van der Waals surface area contributed by atoms with E-state index in [1.54, 1.807) is 7.05 Å². The topological polar surface area (TPSA) is 73.9 Å². The van der Waals surface area contributed by atoms with Gasteiger partial charge in [-0.2, -0.15) is 0 Å². The molecule has 3 heterocycles. The molecule has 1 unspecified atom stereocenters. The molecule has 6 nitrogen and oxygen atoms in total. The molecule has 1 aromatic carbocycles. The van der Waals surface area contributed by atoms with E-state index in [4.69, 9.17) is 13.6 Å². The number of phosphoric acid groups is 1. The van der Waals surface area contributed by atoms with Crippen LogP contribution in [-0.2, 0) is 28.5 Å². The van der Waals surface area contributed by atoms with E-state index in [1.165, 1.54) is 24.3 Å². The summed E-state index contributed by atoms with van der Waals surface area (Å²) in [5.74, 6) is -2.01. The molecular weight excluding hydrogens is 300 g/mol. The molecule has 0 radical (unpaired) electrons. The summed E-state index contributed by atoms with van der Waals surface area (Å²) in [5.41, 5.74) is -0.855. The average Bonchev–Trinajstić information content (AvgIpc) is 2.89. The van der Waals surface area contributed by atoms with Gasteiger partial charge in [0.25, 0.3) is 0 Å². The van der Waals surface area contributed by atoms with Gasteiger partial charge >= 0.3 is 7.82 Å². The summed E-state index contributed by atoms with van der Waals surface area (Å²) < 4.78 is 41.3. The highest BCUT2D eigenvalue weighted by molar-refractivity contribution is 7.50. The molecule has 4 aliphatic rings. The third-order valence-corrected chi connectivity index (χ3v) is 5.90. The largest absolute Gasteiger partial charge is 0.480 e. The van der Waals surface area contributed by atoms with Crippen LogP contribution in [-0.4, -0.2) is 24.7 Å². The normalized spacial score (nSPS) is 44.3. The smallest absolute Gasteiger partial charge is 0.300 e. The van der Waals surface area contributed by atoms with Crippen molar-refractivity contribution in [2.45, 2.75) is 30.3 Å². The van der Waals surface area contributed by atoms with Gasteiger partial charge in [0.2, 0.25) is 5.79 Å². The van der Waals surface area contributed by atoms with Gasteiger partial charge in [-0.05, 0) is 31.2 Å². The van der Waals surface area contributed by atoms with E-state index in [9.17, 15) is 13.8 Å². The second kappa shape index (κ2) is 4.00. The van der Waals surface area contributed by atoms with Crippen LogP contribution in [0.2, 0.25) is 0 Å². The Labute approximate surface area is 120 Å². The van der Waals surface area contributed by atoms with Crippen molar-refractivity contribution in [2.75, 3.05) is 7.05 Å². The lowest BCUT2D eigenvalue weighted by Crippen LogP contribution is -2.72. The summed E-state index contributed by atoms with van der Waals surface area (Å²) in [6.45, 7) is 0. The minimum Gasteiger partial charge on any atom is -0.300 e. The van der Waals surface area contributed by atoms with Crippen molar-refractivity contribution < 1.29 is 27.3 Å². The second-order valence-corrected chi connectivity index (χ2v) is 6.83. The summed E-state index contributed by atoms with van der Waals surface area (Å²) in [4.78, 5) is 12.6. The SMILES string of the molecule is CN[C@@]1(c2ccc(F)cc2)C(=O)CCC2OP3(=O)OC21O3. The van der Waals surface area contributed by atoms with Gasteiger partial charge in [0, 0.05) is 6.42 Å². The maximum atomic E-state index is 13.2. The fraction of sp³-hybridized carbons (Fsp3) is 0.462. The number of rotatable bonds is 2. The van der Waals surface area contributed by atoms with E-state index in [2.05, 4.69) is 5.32 Å². The zero-order valence-corrected chi connectivity index (χ0v) is 12.1. The van der Waals surface area contributed by atoms with Crippen LogP contribution in [0.4, 0.5) is 4.39 Å². The van der Waals surface area contributed by atoms with Gasteiger partial charge in [-0.15, -0.1) is 0 Å². The molecule has 1 N–H and O–H groups in total. The molecule has 3 saturated heterocycles. The Morgan fingerprint density at radius 1 is 1.33 bits per heavy atom. The molecule has 2 bridgehead atoms.